The fourth-order valence-corrected chi connectivity index (χ4v) is 2.67. The molecule has 0 aliphatic heterocycles. The van der Waals surface area contributed by atoms with Crippen LogP contribution in [0.5, 0.6) is 0 Å². The van der Waals surface area contributed by atoms with Gasteiger partial charge in [0.05, 0.1) is 10.0 Å². The van der Waals surface area contributed by atoms with Crippen molar-refractivity contribution >= 4 is 46.5 Å². The average Bonchev–Trinajstić information content (AvgIpc) is 2.64. The minimum absolute atomic E-state index is 0.295. The van der Waals surface area contributed by atoms with Crippen molar-refractivity contribution in [2.24, 2.45) is 0 Å². The molecule has 0 bridgehead atoms. The molecule has 1 aromatic heterocycles. The molecule has 3 rings (SSSR count). The molecular formula is C20H15Cl2N3O2. The Kier molecular flexibility index (Phi) is 5.74. The molecule has 0 unspecified atom stereocenters. The zero-order valence-electron chi connectivity index (χ0n) is 14.3. The largest absolute Gasteiger partial charge is 0.322 e. The molecule has 5 nitrogen and oxygen atoms in total. The van der Waals surface area contributed by atoms with Crippen LogP contribution in [0.3, 0.4) is 0 Å². The standard InChI is InChI=1S/C20H15Cl2N3O2/c1-12-7-8-23-18(9-12)25-20(27)13-3-2-4-15(10-13)24-19(26)14-5-6-16(21)17(22)11-14/h2-11H,1H3,(H,24,26)(H,23,25,27). The van der Waals surface area contributed by atoms with Crippen LogP contribution in [0.15, 0.2) is 60.8 Å². The summed E-state index contributed by atoms with van der Waals surface area (Å²) in [5, 5.41) is 6.13. The number of halogens is 2. The van der Waals surface area contributed by atoms with Crippen molar-refractivity contribution in [3.63, 3.8) is 0 Å². The Morgan fingerprint density at radius 3 is 2.33 bits per heavy atom. The molecule has 0 aliphatic carbocycles. The molecule has 0 atom stereocenters. The predicted octanol–water partition coefficient (Wildman–Crippen LogP) is 5.20. The summed E-state index contributed by atoms with van der Waals surface area (Å²) in [7, 11) is 0. The molecular weight excluding hydrogens is 385 g/mol. The predicted molar refractivity (Wildman–Crippen MR) is 108 cm³/mol. The molecule has 0 saturated heterocycles. The van der Waals surface area contributed by atoms with E-state index in [1.165, 1.54) is 6.07 Å². The van der Waals surface area contributed by atoms with E-state index in [9.17, 15) is 9.59 Å². The number of pyridine rings is 1. The number of benzene rings is 2. The number of carbonyl (C=O) groups excluding carboxylic acids is 2. The van der Waals surface area contributed by atoms with E-state index in [1.807, 2.05) is 13.0 Å². The minimum Gasteiger partial charge on any atom is -0.322 e. The number of nitrogens with zero attached hydrogens (tertiary/aromatic N) is 1. The number of aryl methyl sites for hydroxylation is 1. The zero-order chi connectivity index (χ0) is 19.4. The van der Waals surface area contributed by atoms with Crippen molar-refractivity contribution < 1.29 is 9.59 Å². The molecule has 0 fully saturated rings. The van der Waals surface area contributed by atoms with Crippen LogP contribution in [-0.4, -0.2) is 16.8 Å². The number of anilines is 2. The van der Waals surface area contributed by atoms with Crippen molar-refractivity contribution in [3.05, 3.63) is 87.5 Å². The quantitative estimate of drug-likeness (QED) is 0.632. The number of rotatable bonds is 4. The van der Waals surface area contributed by atoms with Crippen LogP contribution >= 0.6 is 23.2 Å². The van der Waals surface area contributed by atoms with E-state index in [1.54, 1.807) is 48.7 Å². The Bertz CT molecular complexity index is 1020. The fraction of sp³-hybridized carbons (Fsp3) is 0.0500. The lowest BCUT2D eigenvalue weighted by Crippen LogP contribution is -2.15. The van der Waals surface area contributed by atoms with Gasteiger partial charge in [0.15, 0.2) is 0 Å². The van der Waals surface area contributed by atoms with Crippen molar-refractivity contribution in [2.45, 2.75) is 6.92 Å². The maximum absolute atomic E-state index is 12.4. The highest BCUT2D eigenvalue weighted by Crippen LogP contribution is 2.23. The van der Waals surface area contributed by atoms with Gasteiger partial charge in [-0.05, 0) is 61.0 Å². The summed E-state index contributed by atoms with van der Waals surface area (Å²) in [5.41, 5.74) is 2.23. The molecule has 0 spiro atoms. The molecule has 2 N–H and O–H groups in total. The molecule has 0 aliphatic rings. The molecule has 3 aromatic rings. The van der Waals surface area contributed by atoms with Crippen LogP contribution in [-0.2, 0) is 0 Å². The summed E-state index contributed by atoms with van der Waals surface area (Å²) >= 11 is 11.8. The number of nitrogens with one attached hydrogen (secondary N) is 2. The van der Waals surface area contributed by atoms with Crippen LogP contribution in [0.1, 0.15) is 26.3 Å². The van der Waals surface area contributed by atoms with Gasteiger partial charge in [0.25, 0.3) is 11.8 Å². The molecule has 2 aromatic carbocycles. The lowest BCUT2D eigenvalue weighted by Gasteiger charge is -2.09. The van der Waals surface area contributed by atoms with Crippen molar-refractivity contribution in [2.75, 3.05) is 10.6 Å². The highest BCUT2D eigenvalue weighted by molar-refractivity contribution is 6.42. The van der Waals surface area contributed by atoms with Gasteiger partial charge in [-0.2, -0.15) is 0 Å². The van der Waals surface area contributed by atoms with Crippen LogP contribution < -0.4 is 10.6 Å². The third kappa shape index (κ3) is 4.84. The summed E-state index contributed by atoms with van der Waals surface area (Å²) in [6.07, 6.45) is 1.62. The van der Waals surface area contributed by atoms with E-state index in [4.69, 9.17) is 23.2 Å². The Hall–Kier alpha value is -2.89. The molecule has 0 saturated carbocycles. The van der Waals surface area contributed by atoms with Gasteiger partial charge in [-0.3, -0.25) is 9.59 Å². The van der Waals surface area contributed by atoms with Crippen LogP contribution in [0.25, 0.3) is 0 Å². The second-order valence-corrected chi connectivity index (χ2v) is 6.65. The zero-order valence-corrected chi connectivity index (χ0v) is 15.8. The van der Waals surface area contributed by atoms with Crippen molar-refractivity contribution in [1.29, 1.82) is 0 Å². The van der Waals surface area contributed by atoms with E-state index in [-0.39, 0.29) is 11.8 Å². The van der Waals surface area contributed by atoms with Gasteiger partial charge in [0.1, 0.15) is 5.82 Å². The summed E-state index contributed by atoms with van der Waals surface area (Å²) in [4.78, 5) is 28.9. The van der Waals surface area contributed by atoms with Gasteiger partial charge in [0.2, 0.25) is 0 Å². The number of aromatic nitrogens is 1. The fourth-order valence-electron chi connectivity index (χ4n) is 2.37. The summed E-state index contributed by atoms with van der Waals surface area (Å²) < 4.78 is 0. The van der Waals surface area contributed by atoms with Gasteiger partial charge >= 0.3 is 0 Å². The minimum atomic E-state index is -0.355. The number of amides is 2. The SMILES string of the molecule is Cc1ccnc(NC(=O)c2cccc(NC(=O)c3ccc(Cl)c(Cl)c3)c2)c1. The molecule has 2 amide bonds. The lowest BCUT2D eigenvalue weighted by atomic mass is 10.1. The Balaban J connectivity index is 1.73. The average molecular weight is 400 g/mol. The molecule has 136 valence electrons. The van der Waals surface area contributed by atoms with Gasteiger partial charge in [-0.1, -0.05) is 29.3 Å². The molecule has 1 heterocycles. The van der Waals surface area contributed by atoms with Crippen LogP contribution in [0, 0.1) is 6.92 Å². The molecule has 0 radical (unpaired) electrons. The van der Waals surface area contributed by atoms with Crippen molar-refractivity contribution in [3.8, 4) is 0 Å². The van der Waals surface area contributed by atoms with Gasteiger partial charge in [0, 0.05) is 23.0 Å². The number of hydrogen-bond acceptors (Lipinski definition) is 3. The molecule has 7 heteroatoms. The summed E-state index contributed by atoms with van der Waals surface area (Å²) in [6, 6.07) is 14.8. The van der Waals surface area contributed by atoms with E-state index in [0.29, 0.717) is 32.7 Å². The van der Waals surface area contributed by atoms with Gasteiger partial charge in [-0.15, -0.1) is 0 Å². The summed E-state index contributed by atoms with van der Waals surface area (Å²) in [6.45, 7) is 1.91. The first kappa shape index (κ1) is 18.9. The highest BCUT2D eigenvalue weighted by atomic mass is 35.5. The second kappa shape index (κ2) is 8.20. The topological polar surface area (TPSA) is 71.1 Å². The number of hydrogen-bond donors (Lipinski definition) is 2. The molecule has 27 heavy (non-hydrogen) atoms. The van der Waals surface area contributed by atoms with E-state index in [0.717, 1.165) is 5.56 Å². The maximum Gasteiger partial charge on any atom is 0.256 e. The third-order valence-corrected chi connectivity index (χ3v) is 4.46. The normalized spacial score (nSPS) is 10.3. The number of carbonyl (C=O) groups is 2. The Morgan fingerprint density at radius 1 is 0.852 bits per heavy atom. The first-order valence-corrected chi connectivity index (χ1v) is 8.78. The van der Waals surface area contributed by atoms with Crippen LogP contribution in [0.2, 0.25) is 10.0 Å². The lowest BCUT2D eigenvalue weighted by molar-refractivity contribution is 0.101. The maximum atomic E-state index is 12.4. The van der Waals surface area contributed by atoms with Gasteiger partial charge < -0.3 is 10.6 Å². The first-order valence-electron chi connectivity index (χ1n) is 8.03. The van der Waals surface area contributed by atoms with Crippen molar-refractivity contribution in [1.82, 2.24) is 4.98 Å². The van der Waals surface area contributed by atoms with E-state index < -0.39 is 0 Å². The first-order chi connectivity index (χ1) is 12.9. The smallest absolute Gasteiger partial charge is 0.256 e. The van der Waals surface area contributed by atoms with Gasteiger partial charge in [-0.25, -0.2) is 4.98 Å². The Morgan fingerprint density at radius 2 is 1.59 bits per heavy atom. The van der Waals surface area contributed by atoms with E-state index in [2.05, 4.69) is 15.6 Å². The monoisotopic (exact) mass is 399 g/mol. The summed E-state index contributed by atoms with van der Waals surface area (Å²) in [5.74, 6) is -0.213. The second-order valence-electron chi connectivity index (χ2n) is 5.84. The Labute approximate surface area is 166 Å². The van der Waals surface area contributed by atoms with Crippen LogP contribution in [0.4, 0.5) is 11.5 Å². The third-order valence-electron chi connectivity index (χ3n) is 3.72. The van der Waals surface area contributed by atoms with E-state index >= 15 is 0 Å². The highest BCUT2D eigenvalue weighted by Gasteiger charge is 2.11.